The quantitative estimate of drug-likeness (QED) is 0.893. The molecule has 0 saturated carbocycles. The Morgan fingerprint density at radius 2 is 2.00 bits per heavy atom. The van der Waals surface area contributed by atoms with Gasteiger partial charge in [0, 0.05) is 10.4 Å². The average Bonchev–Trinajstić information content (AvgIpc) is 2.46. The summed E-state index contributed by atoms with van der Waals surface area (Å²) in [7, 11) is 0. The number of benzene rings is 1. The molecular formula is C15H21BrN2O. The van der Waals surface area contributed by atoms with E-state index in [0.717, 1.165) is 36.8 Å². The van der Waals surface area contributed by atoms with Crippen LogP contribution in [-0.4, -0.2) is 19.0 Å². The van der Waals surface area contributed by atoms with Gasteiger partial charge in [-0.05, 0) is 50.0 Å². The molecule has 4 heteroatoms. The third kappa shape index (κ3) is 4.05. The maximum atomic E-state index is 12.3. The molecule has 1 amide bonds. The van der Waals surface area contributed by atoms with Crippen molar-refractivity contribution in [2.75, 3.05) is 13.1 Å². The Labute approximate surface area is 123 Å². The minimum Gasteiger partial charge on any atom is -0.349 e. The van der Waals surface area contributed by atoms with Gasteiger partial charge in [-0.1, -0.05) is 35.0 Å². The molecule has 1 fully saturated rings. The van der Waals surface area contributed by atoms with Crippen molar-refractivity contribution in [2.24, 2.45) is 5.92 Å². The zero-order valence-electron chi connectivity index (χ0n) is 11.3. The van der Waals surface area contributed by atoms with Crippen LogP contribution in [0, 0.1) is 5.92 Å². The lowest BCUT2D eigenvalue weighted by atomic mass is 9.96. The van der Waals surface area contributed by atoms with E-state index in [2.05, 4.69) is 45.6 Å². The molecule has 2 N–H and O–H groups in total. The molecule has 1 aliphatic rings. The van der Waals surface area contributed by atoms with Gasteiger partial charge in [0.25, 0.3) is 0 Å². The van der Waals surface area contributed by atoms with Gasteiger partial charge >= 0.3 is 0 Å². The van der Waals surface area contributed by atoms with Gasteiger partial charge in [-0.3, -0.25) is 4.79 Å². The predicted molar refractivity (Wildman–Crippen MR) is 80.9 cm³/mol. The fourth-order valence-corrected chi connectivity index (χ4v) is 2.75. The smallest absolute Gasteiger partial charge is 0.223 e. The Morgan fingerprint density at radius 1 is 1.37 bits per heavy atom. The second kappa shape index (κ2) is 7.06. The molecular weight excluding hydrogens is 304 g/mol. The summed E-state index contributed by atoms with van der Waals surface area (Å²) in [5.74, 6) is 0.377. The summed E-state index contributed by atoms with van der Waals surface area (Å²) < 4.78 is 1.07. The highest BCUT2D eigenvalue weighted by molar-refractivity contribution is 9.10. The number of carbonyl (C=O) groups excluding carboxylic acids is 1. The van der Waals surface area contributed by atoms with Crippen molar-refractivity contribution < 1.29 is 4.79 Å². The maximum Gasteiger partial charge on any atom is 0.223 e. The van der Waals surface area contributed by atoms with E-state index in [9.17, 15) is 4.79 Å². The van der Waals surface area contributed by atoms with Crippen LogP contribution < -0.4 is 10.6 Å². The second-order valence-corrected chi connectivity index (χ2v) is 5.96. The summed E-state index contributed by atoms with van der Waals surface area (Å²) in [6.45, 7) is 4.01. The summed E-state index contributed by atoms with van der Waals surface area (Å²) in [4.78, 5) is 12.3. The lowest BCUT2D eigenvalue weighted by Crippen LogP contribution is -2.39. The van der Waals surface area contributed by atoms with Crippen LogP contribution in [0.3, 0.4) is 0 Å². The van der Waals surface area contributed by atoms with Crippen molar-refractivity contribution in [3.05, 3.63) is 34.3 Å². The van der Waals surface area contributed by atoms with Crippen LogP contribution in [0.1, 0.15) is 37.8 Å². The molecule has 0 bridgehead atoms. The maximum absolute atomic E-state index is 12.3. The molecule has 1 aromatic carbocycles. The molecule has 1 saturated heterocycles. The van der Waals surface area contributed by atoms with Crippen molar-refractivity contribution >= 4 is 21.8 Å². The van der Waals surface area contributed by atoms with E-state index < -0.39 is 0 Å². The Bertz CT molecular complexity index is 413. The lowest BCUT2D eigenvalue weighted by Gasteiger charge is -2.25. The molecule has 0 spiro atoms. The molecule has 1 aromatic rings. The summed E-state index contributed by atoms with van der Waals surface area (Å²) in [6.07, 6.45) is 2.81. The molecule has 0 aliphatic carbocycles. The topological polar surface area (TPSA) is 41.1 Å². The molecule has 104 valence electrons. The molecule has 3 nitrogen and oxygen atoms in total. The number of hydrogen-bond donors (Lipinski definition) is 2. The van der Waals surface area contributed by atoms with Gasteiger partial charge in [0.15, 0.2) is 0 Å². The first-order valence-electron chi connectivity index (χ1n) is 6.97. The normalized spacial score (nSPS) is 18.0. The minimum absolute atomic E-state index is 0.121. The Balaban J connectivity index is 1.98. The zero-order valence-corrected chi connectivity index (χ0v) is 12.9. The van der Waals surface area contributed by atoms with Gasteiger partial charge in [0.05, 0.1) is 6.04 Å². The van der Waals surface area contributed by atoms with E-state index in [0.29, 0.717) is 0 Å². The van der Waals surface area contributed by atoms with Crippen LogP contribution in [-0.2, 0) is 4.79 Å². The van der Waals surface area contributed by atoms with Crippen LogP contribution >= 0.6 is 15.9 Å². The van der Waals surface area contributed by atoms with Crippen molar-refractivity contribution in [3.63, 3.8) is 0 Å². The van der Waals surface area contributed by atoms with Gasteiger partial charge in [-0.25, -0.2) is 0 Å². The highest BCUT2D eigenvalue weighted by Crippen LogP contribution is 2.21. The van der Waals surface area contributed by atoms with Gasteiger partial charge < -0.3 is 10.6 Å². The number of rotatable bonds is 4. The van der Waals surface area contributed by atoms with E-state index >= 15 is 0 Å². The summed E-state index contributed by atoms with van der Waals surface area (Å²) >= 11 is 3.44. The van der Waals surface area contributed by atoms with E-state index in [4.69, 9.17) is 0 Å². The molecule has 1 aliphatic heterocycles. The van der Waals surface area contributed by atoms with Crippen molar-refractivity contribution in [2.45, 2.75) is 32.2 Å². The number of carbonyl (C=O) groups is 1. The lowest BCUT2D eigenvalue weighted by molar-refractivity contribution is -0.126. The monoisotopic (exact) mass is 324 g/mol. The number of hydrogen-bond acceptors (Lipinski definition) is 2. The van der Waals surface area contributed by atoms with Gasteiger partial charge in [-0.2, -0.15) is 0 Å². The first-order valence-corrected chi connectivity index (χ1v) is 7.76. The first kappa shape index (κ1) is 14.5. The Morgan fingerprint density at radius 3 is 2.58 bits per heavy atom. The molecule has 1 atom stereocenters. The molecule has 19 heavy (non-hydrogen) atoms. The van der Waals surface area contributed by atoms with Crippen LogP contribution in [0.2, 0.25) is 0 Å². The fraction of sp³-hybridized carbons (Fsp3) is 0.533. The minimum atomic E-state index is 0.121. The highest BCUT2D eigenvalue weighted by atomic mass is 79.9. The van der Waals surface area contributed by atoms with Crippen LogP contribution in [0.15, 0.2) is 28.7 Å². The highest BCUT2D eigenvalue weighted by Gasteiger charge is 2.23. The van der Waals surface area contributed by atoms with E-state index in [-0.39, 0.29) is 17.9 Å². The summed E-state index contributed by atoms with van der Waals surface area (Å²) in [5, 5.41) is 6.48. The zero-order chi connectivity index (χ0) is 13.7. The third-order valence-corrected chi connectivity index (χ3v) is 4.24. The second-order valence-electron chi connectivity index (χ2n) is 5.05. The summed E-state index contributed by atoms with van der Waals surface area (Å²) in [5.41, 5.74) is 1.17. The third-order valence-electron chi connectivity index (χ3n) is 3.71. The van der Waals surface area contributed by atoms with E-state index in [1.165, 1.54) is 5.56 Å². The number of halogens is 1. The Kier molecular flexibility index (Phi) is 5.40. The molecule has 0 aromatic heterocycles. The fourth-order valence-electron chi connectivity index (χ4n) is 2.49. The van der Waals surface area contributed by atoms with E-state index in [1.54, 1.807) is 0 Å². The number of amides is 1. The molecule has 1 unspecified atom stereocenters. The largest absolute Gasteiger partial charge is 0.349 e. The SMILES string of the molecule is CCC(NC(=O)C1CCNCC1)c1ccc(Br)cc1. The van der Waals surface area contributed by atoms with Crippen LogP contribution in [0.4, 0.5) is 0 Å². The Hall–Kier alpha value is -0.870. The van der Waals surface area contributed by atoms with Crippen molar-refractivity contribution in [1.82, 2.24) is 10.6 Å². The van der Waals surface area contributed by atoms with Crippen molar-refractivity contribution in [3.8, 4) is 0 Å². The predicted octanol–water partition coefficient (Wildman–Crippen LogP) is 3.02. The molecule has 0 radical (unpaired) electrons. The van der Waals surface area contributed by atoms with Gasteiger partial charge in [0.2, 0.25) is 5.91 Å². The van der Waals surface area contributed by atoms with Gasteiger partial charge in [-0.15, -0.1) is 0 Å². The van der Waals surface area contributed by atoms with Gasteiger partial charge in [0.1, 0.15) is 0 Å². The van der Waals surface area contributed by atoms with Crippen molar-refractivity contribution in [1.29, 1.82) is 0 Å². The number of nitrogens with one attached hydrogen (secondary N) is 2. The summed E-state index contributed by atoms with van der Waals surface area (Å²) in [6, 6.07) is 8.31. The van der Waals surface area contributed by atoms with E-state index in [1.807, 2.05) is 12.1 Å². The molecule has 2 rings (SSSR count). The standard InChI is InChI=1S/C15H21BrN2O/c1-2-14(11-3-5-13(16)6-4-11)18-15(19)12-7-9-17-10-8-12/h3-6,12,14,17H,2,7-10H2,1H3,(H,18,19). The average molecular weight is 325 g/mol. The van der Waals surface area contributed by atoms with Crippen LogP contribution in [0.5, 0.6) is 0 Å². The first-order chi connectivity index (χ1) is 9.20. The number of piperidine rings is 1. The molecule has 1 heterocycles. The van der Waals surface area contributed by atoms with Crippen LogP contribution in [0.25, 0.3) is 0 Å².